The number of benzene rings is 1. The quantitative estimate of drug-likeness (QED) is 0.699. The minimum Gasteiger partial charge on any atom is -0.389 e. The molecule has 21 heavy (non-hydrogen) atoms. The Morgan fingerprint density at radius 3 is 2.86 bits per heavy atom. The van der Waals surface area contributed by atoms with E-state index in [-0.39, 0.29) is 9.88 Å². The summed E-state index contributed by atoms with van der Waals surface area (Å²) in [5.74, 6) is 0.576. The molecule has 1 atom stereocenters. The summed E-state index contributed by atoms with van der Waals surface area (Å²) in [5.41, 5.74) is 6.04. The van der Waals surface area contributed by atoms with Crippen molar-refractivity contribution in [2.75, 3.05) is 0 Å². The Morgan fingerprint density at radius 1 is 1.52 bits per heavy atom. The van der Waals surface area contributed by atoms with Crippen LogP contribution in [-0.4, -0.2) is 23.4 Å². The third kappa shape index (κ3) is 3.66. The summed E-state index contributed by atoms with van der Waals surface area (Å²) in [4.78, 5) is 7.28. The molecule has 0 amide bonds. The van der Waals surface area contributed by atoms with Gasteiger partial charge in [0.05, 0.1) is 10.9 Å². The Kier molecular flexibility index (Phi) is 4.71. The standard InChI is InChI=1S/C13H16N4O2S2/c1-2-11(13-15-6-7-16-13)17-21(18,19)10-5-3-4-9(8-10)12(14)20/h3-8,11,17H,2H2,1H3,(H2,14,20)(H,15,16). The van der Waals surface area contributed by atoms with Crippen molar-refractivity contribution >= 4 is 27.2 Å². The van der Waals surface area contributed by atoms with Gasteiger partial charge in [0.1, 0.15) is 10.8 Å². The van der Waals surface area contributed by atoms with Crippen LogP contribution in [0.1, 0.15) is 30.8 Å². The van der Waals surface area contributed by atoms with Crippen molar-refractivity contribution in [1.82, 2.24) is 14.7 Å². The summed E-state index contributed by atoms with van der Waals surface area (Å²) in [7, 11) is -3.68. The number of hydrogen-bond donors (Lipinski definition) is 3. The van der Waals surface area contributed by atoms with Gasteiger partial charge in [-0.25, -0.2) is 18.1 Å². The zero-order chi connectivity index (χ0) is 15.5. The van der Waals surface area contributed by atoms with Crippen molar-refractivity contribution in [3.05, 3.63) is 48.0 Å². The Labute approximate surface area is 128 Å². The minimum absolute atomic E-state index is 0.123. The Bertz CT molecular complexity index is 726. The highest BCUT2D eigenvalue weighted by Crippen LogP contribution is 2.18. The van der Waals surface area contributed by atoms with Gasteiger partial charge < -0.3 is 10.7 Å². The Morgan fingerprint density at radius 2 is 2.29 bits per heavy atom. The molecule has 0 aliphatic carbocycles. The molecule has 4 N–H and O–H groups in total. The molecule has 1 unspecified atom stereocenters. The number of sulfonamides is 1. The van der Waals surface area contributed by atoms with E-state index < -0.39 is 16.1 Å². The Hall–Kier alpha value is -1.77. The number of hydrogen-bond acceptors (Lipinski definition) is 4. The minimum atomic E-state index is -3.68. The summed E-state index contributed by atoms with van der Waals surface area (Å²) < 4.78 is 27.5. The van der Waals surface area contributed by atoms with Crippen LogP contribution in [0, 0.1) is 0 Å². The van der Waals surface area contributed by atoms with E-state index in [0.717, 1.165) is 0 Å². The van der Waals surface area contributed by atoms with Gasteiger partial charge >= 0.3 is 0 Å². The molecular weight excluding hydrogens is 308 g/mol. The van der Waals surface area contributed by atoms with E-state index in [9.17, 15) is 8.42 Å². The molecule has 1 aromatic heterocycles. The van der Waals surface area contributed by atoms with E-state index in [4.69, 9.17) is 18.0 Å². The van der Waals surface area contributed by atoms with Crippen LogP contribution in [0.2, 0.25) is 0 Å². The fourth-order valence-electron chi connectivity index (χ4n) is 1.87. The van der Waals surface area contributed by atoms with E-state index >= 15 is 0 Å². The van der Waals surface area contributed by atoms with Crippen molar-refractivity contribution in [3.63, 3.8) is 0 Å². The lowest BCUT2D eigenvalue weighted by molar-refractivity contribution is 0.539. The summed E-state index contributed by atoms with van der Waals surface area (Å²) >= 11 is 4.87. The molecule has 0 saturated carbocycles. The highest BCUT2D eigenvalue weighted by molar-refractivity contribution is 7.89. The van der Waals surface area contributed by atoms with Gasteiger partial charge in [0.2, 0.25) is 10.0 Å². The number of rotatable bonds is 6. The molecule has 0 fully saturated rings. The van der Waals surface area contributed by atoms with Gasteiger partial charge in [-0.2, -0.15) is 0 Å². The topological polar surface area (TPSA) is 101 Å². The zero-order valence-electron chi connectivity index (χ0n) is 11.4. The van der Waals surface area contributed by atoms with Crippen LogP contribution < -0.4 is 10.5 Å². The second-order valence-electron chi connectivity index (χ2n) is 4.45. The molecule has 0 spiro atoms. The van der Waals surface area contributed by atoms with E-state index in [2.05, 4.69) is 14.7 Å². The van der Waals surface area contributed by atoms with Crippen LogP contribution in [0.3, 0.4) is 0 Å². The second-order valence-corrected chi connectivity index (χ2v) is 6.60. The molecule has 0 radical (unpaired) electrons. The molecule has 112 valence electrons. The number of thiocarbonyl (C=S) groups is 1. The molecule has 8 heteroatoms. The van der Waals surface area contributed by atoms with Crippen molar-refractivity contribution in [2.24, 2.45) is 5.73 Å². The third-order valence-corrected chi connectivity index (χ3v) is 4.69. The van der Waals surface area contributed by atoms with Crippen LogP contribution in [0.15, 0.2) is 41.6 Å². The van der Waals surface area contributed by atoms with Gasteiger partial charge in [0.15, 0.2) is 0 Å². The lowest BCUT2D eigenvalue weighted by atomic mass is 10.2. The van der Waals surface area contributed by atoms with Crippen LogP contribution in [0.4, 0.5) is 0 Å². The third-order valence-electron chi connectivity index (χ3n) is 2.98. The van der Waals surface area contributed by atoms with Gasteiger partial charge in [-0.1, -0.05) is 31.3 Å². The number of nitrogens with one attached hydrogen (secondary N) is 2. The maximum absolute atomic E-state index is 12.4. The SMILES string of the molecule is CCC(NS(=O)(=O)c1cccc(C(N)=S)c1)c1ncc[nH]1. The fourth-order valence-corrected chi connectivity index (χ4v) is 3.33. The first-order valence-electron chi connectivity index (χ1n) is 6.35. The second kappa shape index (κ2) is 6.33. The first-order chi connectivity index (χ1) is 9.94. The average molecular weight is 324 g/mol. The summed E-state index contributed by atoms with van der Waals surface area (Å²) in [6.07, 6.45) is 3.81. The summed E-state index contributed by atoms with van der Waals surface area (Å²) in [5, 5.41) is 0. The van der Waals surface area contributed by atoms with Gasteiger partial charge in [-0.3, -0.25) is 0 Å². The van der Waals surface area contributed by atoms with Crippen molar-refractivity contribution in [1.29, 1.82) is 0 Å². The molecule has 0 aliphatic heterocycles. The molecule has 0 aliphatic rings. The molecule has 1 heterocycles. The zero-order valence-corrected chi connectivity index (χ0v) is 13.0. The smallest absolute Gasteiger partial charge is 0.241 e. The highest BCUT2D eigenvalue weighted by atomic mass is 32.2. The van der Waals surface area contributed by atoms with E-state index in [1.165, 1.54) is 12.1 Å². The molecule has 1 aromatic carbocycles. The van der Waals surface area contributed by atoms with Crippen molar-refractivity contribution < 1.29 is 8.42 Å². The largest absolute Gasteiger partial charge is 0.389 e. The number of aromatic nitrogens is 2. The average Bonchev–Trinajstić information content (AvgIpc) is 2.99. The van der Waals surface area contributed by atoms with Gasteiger partial charge in [-0.05, 0) is 18.6 Å². The summed E-state index contributed by atoms with van der Waals surface area (Å²) in [6, 6.07) is 5.82. The predicted molar refractivity (Wildman–Crippen MR) is 84.3 cm³/mol. The van der Waals surface area contributed by atoms with Crippen molar-refractivity contribution in [3.8, 4) is 0 Å². The summed E-state index contributed by atoms with van der Waals surface area (Å²) in [6.45, 7) is 1.88. The van der Waals surface area contributed by atoms with E-state index in [1.54, 1.807) is 24.5 Å². The lowest BCUT2D eigenvalue weighted by Gasteiger charge is -2.15. The van der Waals surface area contributed by atoms with Crippen LogP contribution in [0.25, 0.3) is 0 Å². The van der Waals surface area contributed by atoms with E-state index in [0.29, 0.717) is 17.8 Å². The first-order valence-corrected chi connectivity index (χ1v) is 8.24. The van der Waals surface area contributed by atoms with E-state index in [1.807, 2.05) is 6.92 Å². The van der Waals surface area contributed by atoms with Gasteiger partial charge in [0.25, 0.3) is 0 Å². The lowest BCUT2D eigenvalue weighted by Crippen LogP contribution is -2.29. The van der Waals surface area contributed by atoms with Crippen molar-refractivity contribution in [2.45, 2.75) is 24.3 Å². The molecule has 6 nitrogen and oxygen atoms in total. The molecule has 2 rings (SSSR count). The number of H-pyrrole nitrogens is 1. The number of nitrogens with zero attached hydrogens (tertiary/aromatic N) is 1. The van der Waals surface area contributed by atoms with Gasteiger partial charge in [-0.15, -0.1) is 0 Å². The predicted octanol–water partition coefficient (Wildman–Crippen LogP) is 1.47. The maximum Gasteiger partial charge on any atom is 0.241 e. The van der Waals surface area contributed by atoms with Crippen LogP contribution in [-0.2, 0) is 10.0 Å². The van der Waals surface area contributed by atoms with Gasteiger partial charge in [0, 0.05) is 18.0 Å². The monoisotopic (exact) mass is 324 g/mol. The first kappa shape index (κ1) is 15.6. The van der Waals surface area contributed by atoms with Crippen LogP contribution >= 0.6 is 12.2 Å². The number of imidazole rings is 1. The number of nitrogens with two attached hydrogens (primary N) is 1. The Balaban J connectivity index is 2.29. The molecule has 2 aromatic rings. The molecule has 0 saturated heterocycles. The highest BCUT2D eigenvalue weighted by Gasteiger charge is 2.22. The fraction of sp³-hybridized carbons (Fsp3) is 0.231. The molecule has 0 bridgehead atoms. The normalized spacial score (nSPS) is 13.0. The molecular formula is C13H16N4O2S2. The number of aromatic amines is 1. The maximum atomic E-state index is 12.4. The van der Waals surface area contributed by atoms with Crippen LogP contribution in [0.5, 0.6) is 0 Å².